The van der Waals surface area contributed by atoms with Crippen LogP contribution in [0.1, 0.15) is 5.56 Å². The van der Waals surface area contributed by atoms with Crippen molar-refractivity contribution in [1.82, 2.24) is 0 Å². The zero-order valence-electron chi connectivity index (χ0n) is 10.7. The van der Waals surface area contributed by atoms with E-state index in [-0.39, 0.29) is 15.7 Å². The number of alkyl halides is 3. The summed E-state index contributed by atoms with van der Waals surface area (Å²) in [5.41, 5.74) is 4.08. The largest absolute Gasteiger partial charge is 0.416 e. The second-order valence-corrected chi connectivity index (χ2v) is 6.98. The topological polar surface area (TPSA) is 60.2 Å². The standard InChI is InChI=1S/C13H8Cl2F3NO2S/c14-8-2-1-3-10(12(8)15)22(20,21)11-6-7(13(16,17)18)4-5-9(11)19/h1-6H,19H2. The highest BCUT2D eigenvalue weighted by atomic mass is 35.5. The molecule has 0 radical (unpaired) electrons. The van der Waals surface area contributed by atoms with Crippen molar-refractivity contribution in [3.05, 3.63) is 52.0 Å². The van der Waals surface area contributed by atoms with E-state index in [1.54, 1.807) is 0 Å². The predicted molar refractivity (Wildman–Crippen MR) is 77.8 cm³/mol. The van der Waals surface area contributed by atoms with Crippen LogP contribution >= 0.6 is 23.2 Å². The first kappa shape index (κ1) is 16.9. The molecule has 0 unspecified atom stereocenters. The fourth-order valence-electron chi connectivity index (χ4n) is 1.75. The fourth-order valence-corrected chi connectivity index (χ4v) is 3.92. The second kappa shape index (κ2) is 5.64. The molecule has 0 saturated carbocycles. The van der Waals surface area contributed by atoms with Gasteiger partial charge in [-0.3, -0.25) is 0 Å². The van der Waals surface area contributed by atoms with Crippen molar-refractivity contribution in [3.8, 4) is 0 Å². The van der Waals surface area contributed by atoms with E-state index >= 15 is 0 Å². The molecular weight excluding hydrogens is 362 g/mol. The van der Waals surface area contributed by atoms with E-state index in [2.05, 4.69) is 0 Å². The molecular formula is C13H8Cl2F3NO2S. The molecule has 0 aliphatic rings. The van der Waals surface area contributed by atoms with E-state index in [1.165, 1.54) is 12.1 Å². The quantitative estimate of drug-likeness (QED) is 0.796. The van der Waals surface area contributed by atoms with Crippen molar-refractivity contribution >= 4 is 38.7 Å². The molecule has 0 amide bonds. The lowest BCUT2D eigenvalue weighted by Crippen LogP contribution is -2.11. The Morgan fingerprint density at radius 3 is 2.23 bits per heavy atom. The molecule has 0 bridgehead atoms. The lowest BCUT2D eigenvalue weighted by atomic mass is 10.2. The molecule has 0 spiro atoms. The zero-order valence-corrected chi connectivity index (χ0v) is 13.0. The van der Waals surface area contributed by atoms with Gasteiger partial charge in [-0.2, -0.15) is 13.2 Å². The summed E-state index contributed by atoms with van der Waals surface area (Å²) in [6.07, 6.45) is -4.70. The van der Waals surface area contributed by atoms with Crippen LogP contribution in [0, 0.1) is 0 Å². The van der Waals surface area contributed by atoms with E-state index in [0.29, 0.717) is 12.1 Å². The average Bonchev–Trinajstić information content (AvgIpc) is 2.40. The summed E-state index contributed by atoms with van der Waals surface area (Å²) in [5, 5.41) is -0.311. The van der Waals surface area contributed by atoms with E-state index < -0.39 is 31.4 Å². The molecule has 9 heteroatoms. The number of benzene rings is 2. The highest BCUT2D eigenvalue weighted by Crippen LogP contribution is 2.37. The number of nitrogen functional groups attached to an aromatic ring is 1. The van der Waals surface area contributed by atoms with E-state index in [4.69, 9.17) is 28.9 Å². The van der Waals surface area contributed by atoms with Gasteiger partial charge in [-0.1, -0.05) is 29.3 Å². The molecule has 0 saturated heterocycles. The maximum atomic E-state index is 12.8. The number of rotatable bonds is 2. The summed E-state index contributed by atoms with van der Waals surface area (Å²) in [6.45, 7) is 0. The normalized spacial score (nSPS) is 12.4. The smallest absolute Gasteiger partial charge is 0.398 e. The minimum atomic E-state index is -4.70. The van der Waals surface area contributed by atoms with Crippen LogP contribution in [0.5, 0.6) is 0 Å². The molecule has 118 valence electrons. The van der Waals surface area contributed by atoms with Gasteiger partial charge in [0.15, 0.2) is 0 Å². The van der Waals surface area contributed by atoms with Gasteiger partial charge in [-0.25, -0.2) is 8.42 Å². The van der Waals surface area contributed by atoms with Gasteiger partial charge in [-0.05, 0) is 30.3 Å². The van der Waals surface area contributed by atoms with Crippen molar-refractivity contribution in [1.29, 1.82) is 0 Å². The Bertz CT molecular complexity index is 836. The first-order chi connectivity index (χ1) is 10.0. The summed E-state index contributed by atoms with van der Waals surface area (Å²) in [5.74, 6) is 0. The van der Waals surface area contributed by atoms with Gasteiger partial charge in [0.1, 0.15) is 0 Å². The van der Waals surface area contributed by atoms with E-state index in [0.717, 1.165) is 12.1 Å². The Labute approximate surface area is 134 Å². The van der Waals surface area contributed by atoms with Crippen LogP contribution in [-0.4, -0.2) is 8.42 Å². The Morgan fingerprint density at radius 2 is 1.64 bits per heavy atom. The predicted octanol–water partition coefficient (Wildman–Crippen LogP) is 4.43. The molecule has 0 atom stereocenters. The van der Waals surface area contributed by atoms with Crippen LogP contribution in [0.25, 0.3) is 0 Å². The van der Waals surface area contributed by atoms with Crippen LogP contribution < -0.4 is 5.73 Å². The van der Waals surface area contributed by atoms with Crippen molar-refractivity contribution in [2.75, 3.05) is 5.73 Å². The van der Waals surface area contributed by atoms with Gasteiger partial charge < -0.3 is 5.73 Å². The van der Waals surface area contributed by atoms with Crippen LogP contribution in [0.15, 0.2) is 46.2 Å². The Balaban J connectivity index is 2.72. The van der Waals surface area contributed by atoms with Gasteiger partial charge in [0, 0.05) is 0 Å². The van der Waals surface area contributed by atoms with Gasteiger partial charge in [0.2, 0.25) is 9.84 Å². The number of sulfone groups is 1. The highest BCUT2D eigenvalue weighted by molar-refractivity contribution is 7.91. The zero-order chi connectivity index (χ0) is 16.7. The molecule has 0 aromatic heterocycles. The lowest BCUT2D eigenvalue weighted by Gasteiger charge is -2.13. The number of halogens is 5. The third-order valence-electron chi connectivity index (χ3n) is 2.84. The highest BCUT2D eigenvalue weighted by Gasteiger charge is 2.33. The molecule has 2 rings (SSSR count). The third kappa shape index (κ3) is 3.02. The lowest BCUT2D eigenvalue weighted by molar-refractivity contribution is -0.137. The first-order valence-electron chi connectivity index (χ1n) is 5.71. The fraction of sp³-hybridized carbons (Fsp3) is 0.0769. The Hall–Kier alpha value is -1.44. The van der Waals surface area contributed by atoms with Gasteiger partial charge >= 0.3 is 6.18 Å². The van der Waals surface area contributed by atoms with Crippen molar-refractivity contribution in [3.63, 3.8) is 0 Å². The number of anilines is 1. The van der Waals surface area contributed by atoms with Crippen LogP contribution in [-0.2, 0) is 16.0 Å². The number of hydrogen-bond donors (Lipinski definition) is 1. The van der Waals surface area contributed by atoms with Gasteiger partial charge in [0.25, 0.3) is 0 Å². The van der Waals surface area contributed by atoms with E-state index in [1.807, 2.05) is 0 Å². The van der Waals surface area contributed by atoms with Crippen LogP contribution in [0.3, 0.4) is 0 Å². The Kier molecular flexibility index (Phi) is 4.34. The second-order valence-electron chi connectivity index (χ2n) is 4.31. The number of nitrogens with two attached hydrogens (primary N) is 1. The van der Waals surface area contributed by atoms with Gasteiger partial charge in [-0.15, -0.1) is 0 Å². The van der Waals surface area contributed by atoms with Crippen molar-refractivity contribution in [2.24, 2.45) is 0 Å². The summed E-state index contributed by atoms with van der Waals surface area (Å²) in [7, 11) is -4.35. The van der Waals surface area contributed by atoms with Crippen LogP contribution in [0.2, 0.25) is 10.0 Å². The van der Waals surface area contributed by atoms with Crippen molar-refractivity contribution in [2.45, 2.75) is 16.0 Å². The molecule has 0 aliphatic carbocycles. The maximum Gasteiger partial charge on any atom is 0.416 e. The molecule has 0 heterocycles. The number of hydrogen-bond acceptors (Lipinski definition) is 3. The summed E-state index contributed by atoms with van der Waals surface area (Å²) >= 11 is 11.6. The molecule has 2 aromatic carbocycles. The SMILES string of the molecule is Nc1ccc(C(F)(F)F)cc1S(=O)(=O)c1cccc(Cl)c1Cl. The minimum Gasteiger partial charge on any atom is -0.398 e. The van der Waals surface area contributed by atoms with Gasteiger partial charge in [0.05, 0.1) is 31.1 Å². The summed E-state index contributed by atoms with van der Waals surface area (Å²) < 4.78 is 63.3. The van der Waals surface area contributed by atoms with E-state index in [9.17, 15) is 21.6 Å². The minimum absolute atomic E-state index is 0.0340. The average molecular weight is 370 g/mol. The van der Waals surface area contributed by atoms with Crippen molar-refractivity contribution < 1.29 is 21.6 Å². The summed E-state index contributed by atoms with van der Waals surface area (Å²) in [6, 6.07) is 5.89. The maximum absolute atomic E-state index is 12.8. The molecule has 0 aliphatic heterocycles. The first-order valence-corrected chi connectivity index (χ1v) is 7.95. The molecule has 2 aromatic rings. The summed E-state index contributed by atoms with van der Waals surface area (Å²) in [4.78, 5) is -1.08. The Morgan fingerprint density at radius 1 is 1.00 bits per heavy atom. The van der Waals surface area contributed by atoms with Crippen LogP contribution in [0.4, 0.5) is 18.9 Å². The molecule has 3 nitrogen and oxygen atoms in total. The monoisotopic (exact) mass is 369 g/mol. The third-order valence-corrected chi connectivity index (χ3v) is 5.62. The molecule has 22 heavy (non-hydrogen) atoms. The molecule has 2 N–H and O–H groups in total. The molecule has 0 fully saturated rings.